The number of carbonyl (C=O) groups excluding carboxylic acids is 2. The van der Waals surface area contributed by atoms with Gasteiger partial charge in [-0.05, 0) is 20.3 Å². The molecule has 104 valence electrons. The maximum absolute atomic E-state index is 12.1. The second-order valence-electron chi connectivity index (χ2n) is 5.16. The molecule has 1 unspecified atom stereocenters. The Morgan fingerprint density at radius 2 is 2.37 bits per heavy atom. The fourth-order valence-electron chi connectivity index (χ4n) is 2.24. The zero-order chi connectivity index (χ0) is 14.0. The van der Waals surface area contributed by atoms with Gasteiger partial charge in [-0.2, -0.15) is 5.10 Å². The van der Waals surface area contributed by atoms with Gasteiger partial charge < -0.3 is 10.2 Å². The molecule has 1 aromatic rings. The van der Waals surface area contributed by atoms with Crippen LogP contribution >= 0.6 is 0 Å². The average molecular weight is 264 g/mol. The van der Waals surface area contributed by atoms with Crippen LogP contribution in [0.25, 0.3) is 0 Å². The number of likely N-dealkylation sites (tertiary alicyclic amines) is 1. The van der Waals surface area contributed by atoms with Crippen molar-refractivity contribution in [1.29, 1.82) is 0 Å². The molecule has 1 aliphatic heterocycles. The molecule has 2 heterocycles. The first-order valence-electron chi connectivity index (χ1n) is 6.65. The molecule has 1 atom stereocenters. The Kier molecular flexibility index (Phi) is 3.87. The topological polar surface area (TPSA) is 78.1 Å². The van der Waals surface area contributed by atoms with E-state index in [9.17, 15) is 9.59 Å². The fourth-order valence-corrected chi connectivity index (χ4v) is 2.24. The third kappa shape index (κ3) is 2.94. The van der Waals surface area contributed by atoms with Crippen LogP contribution in [-0.2, 0) is 16.0 Å². The third-order valence-electron chi connectivity index (χ3n) is 3.42. The lowest BCUT2D eigenvalue weighted by Crippen LogP contribution is -2.33. The van der Waals surface area contributed by atoms with Crippen LogP contribution in [0.3, 0.4) is 0 Å². The smallest absolute Gasteiger partial charge is 0.230 e. The SMILES string of the molecule is CCc1cc(NC(=O)C2CC(=O)N(C(C)C)C2)n[nH]1. The lowest BCUT2D eigenvalue weighted by atomic mass is 10.1. The van der Waals surface area contributed by atoms with Crippen molar-refractivity contribution in [3.8, 4) is 0 Å². The van der Waals surface area contributed by atoms with Crippen molar-refractivity contribution in [2.75, 3.05) is 11.9 Å². The highest BCUT2D eigenvalue weighted by Crippen LogP contribution is 2.21. The van der Waals surface area contributed by atoms with Gasteiger partial charge in [-0.1, -0.05) is 6.92 Å². The molecule has 0 aliphatic carbocycles. The highest BCUT2D eigenvalue weighted by molar-refractivity contribution is 5.96. The number of hydrogen-bond acceptors (Lipinski definition) is 3. The molecule has 1 fully saturated rings. The summed E-state index contributed by atoms with van der Waals surface area (Å²) in [5.41, 5.74) is 0.974. The second-order valence-corrected chi connectivity index (χ2v) is 5.16. The van der Waals surface area contributed by atoms with Gasteiger partial charge in [0.2, 0.25) is 11.8 Å². The highest BCUT2D eigenvalue weighted by atomic mass is 16.2. The number of H-pyrrole nitrogens is 1. The van der Waals surface area contributed by atoms with Crippen LogP contribution in [0.2, 0.25) is 0 Å². The summed E-state index contributed by atoms with van der Waals surface area (Å²) in [5.74, 6) is 0.158. The quantitative estimate of drug-likeness (QED) is 0.856. The van der Waals surface area contributed by atoms with E-state index in [2.05, 4.69) is 15.5 Å². The van der Waals surface area contributed by atoms with E-state index in [0.29, 0.717) is 12.4 Å². The molecule has 2 rings (SSSR count). The Bertz CT molecular complexity index is 481. The van der Waals surface area contributed by atoms with E-state index >= 15 is 0 Å². The van der Waals surface area contributed by atoms with E-state index in [0.717, 1.165) is 12.1 Å². The van der Waals surface area contributed by atoms with Crippen molar-refractivity contribution in [3.63, 3.8) is 0 Å². The van der Waals surface area contributed by atoms with E-state index in [1.165, 1.54) is 0 Å². The number of nitrogens with zero attached hydrogens (tertiary/aromatic N) is 2. The average Bonchev–Trinajstić information content (AvgIpc) is 2.95. The van der Waals surface area contributed by atoms with Crippen LogP contribution < -0.4 is 5.32 Å². The van der Waals surface area contributed by atoms with Gasteiger partial charge >= 0.3 is 0 Å². The minimum Gasteiger partial charge on any atom is -0.339 e. The van der Waals surface area contributed by atoms with Crippen LogP contribution in [0.1, 0.15) is 32.9 Å². The van der Waals surface area contributed by atoms with Crippen LogP contribution in [0, 0.1) is 5.92 Å². The number of rotatable bonds is 4. The molecule has 6 heteroatoms. The maximum atomic E-state index is 12.1. The molecule has 1 aliphatic rings. The fraction of sp³-hybridized carbons (Fsp3) is 0.615. The Balaban J connectivity index is 1.96. The van der Waals surface area contributed by atoms with Crippen LogP contribution in [0.4, 0.5) is 5.82 Å². The van der Waals surface area contributed by atoms with E-state index in [1.54, 1.807) is 4.90 Å². The summed E-state index contributed by atoms with van der Waals surface area (Å²) >= 11 is 0. The summed E-state index contributed by atoms with van der Waals surface area (Å²) in [6.07, 6.45) is 1.13. The van der Waals surface area contributed by atoms with Crippen molar-refractivity contribution < 1.29 is 9.59 Å². The standard InChI is InChI=1S/C13H20N4O2/c1-4-10-6-11(16-15-10)14-13(19)9-5-12(18)17(7-9)8(2)3/h6,8-9H,4-5,7H2,1-3H3,(H2,14,15,16,19). The van der Waals surface area contributed by atoms with E-state index in [-0.39, 0.29) is 30.2 Å². The molecule has 1 aromatic heterocycles. The van der Waals surface area contributed by atoms with Gasteiger partial charge in [0.15, 0.2) is 5.82 Å². The monoisotopic (exact) mass is 264 g/mol. The summed E-state index contributed by atoms with van der Waals surface area (Å²) in [6.45, 7) is 6.42. The Morgan fingerprint density at radius 1 is 1.63 bits per heavy atom. The minimum absolute atomic E-state index is 0.0476. The second kappa shape index (κ2) is 5.42. The van der Waals surface area contributed by atoms with E-state index in [4.69, 9.17) is 0 Å². The van der Waals surface area contributed by atoms with Gasteiger partial charge in [0.05, 0.1) is 5.92 Å². The number of carbonyl (C=O) groups is 2. The molecule has 0 radical (unpaired) electrons. The van der Waals surface area contributed by atoms with Gasteiger partial charge in [-0.15, -0.1) is 0 Å². The first-order chi connectivity index (χ1) is 9.01. The van der Waals surface area contributed by atoms with Crippen LogP contribution in [0.15, 0.2) is 6.07 Å². The van der Waals surface area contributed by atoms with Gasteiger partial charge in [-0.3, -0.25) is 14.7 Å². The predicted octanol–water partition coefficient (Wildman–Crippen LogP) is 1.17. The lowest BCUT2D eigenvalue weighted by molar-refractivity contribution is -0.129. The van der Waals surface area contributed by atoms with Crippen LogP contribution in [-0.4, -0.2) is 39.5 Å². The predicted molar refractivity (Wildman–Crippen MR) is 71.6 cm³/mol. The first-order valence-corrected chi connectivity index (χ1v) is 6.65. The number of aryl methyl sites for hydroxylation is 1. The summed E-state index contributed by atoms with van der Waals surface area (Å²) in [6, 6.07) is 1.96. The maximum Gasteiger partial charge on any atom is 0.230 e. The molecule has 0 saturated carbocycles. The molecular formula is C13H20N4O2. The lowest BCUT2D eigenvalue weighted by Gasteiger charge is -2.20. The van der Waals surface area contributed by atoms with E-state index < -0.39 is 0 Å². The van der Waals surface area contributed by atoms with E-state index in [1.807, 2.05) is 26.8 Å². The van der Waals surface area contributed by atoms with Crippen molar-refractivity contribution in [3.05, 3.63) is 11.8 Å². The Labute approximate surface area is 112 Å². The summed E-state index contributed by atoms with van der Waals surface area (Å²) in [4.78, 5) is 25.6. The van der Waals surface area contributed by atoms with Crippen molar-refractivity contribution in [2.24, 2.45) is 5.92 Å². The zero-order valence-electron chi connectivity index (χ0n) is 11.6. The largest absolute Gasteiger partial charge is 0.339 e. The number of aromatic nitrogens is 2. The number of amides is 2. The van der Waals surface area contributed by atoms with Crippen LogP contribution in [0.5, 0.6) is 0 Å². The molecule has 19 heavy (non-hydrogen) atoms. The molecule has 6 nitrogen and oxygen atoms in total. The Morgan fingerprint density at radius 3 is 2.89 bits per heavy atom. The molecule has 2 N–H and O–H groups in total. The van der Waals surface area contributed by atoms with Gasteiger partial charge in [0.25, 0.3) is 0 Å². The number of hydrogen-bond donors (Lipinski definition) is 2. The summed E-state index contributed by atoms with van der Waals surface area (Å²) < 4.78 is 0. The van der Waals surface area contributed by atoms with Crippen molar-refractivity contribution in [2.45, 2.75) is 39.7 Å². The third-order valence-corrected chi connectivity index (χ3v) is 3.42. The highest BCUT2D eigenvalue weighted by Gasteiger charge is 2.35. The van der Waals surface area contributed by atoms with Crippen molar-refractivity contribution in [1.82, 2.24) is 15.1 Å². The summed E-state index contributed by atoms with van der Waals surface area (Å²) in [5, 5.41) is 9.62. The first kappa shape index (κ1) is 13.6. The van der Waals surface area contributed by atoms with Gasteiger partial charge in [-0.25, -0.2) is 0 Å². The Hall–Kier alpha value is -1.85. The van der Waals surface area contributed by atoms with Gasteiger partial charge in [0, 0.05) is 30.8 Å². The molecule has 0 spiro atoms. The van der Waals surface area contributed by atoms with Gasteiger partial charge in [0.1, 0.15) is 0 Å². The molecule has 2 amide bonds. The molecular weight excluding hydrogens is 244 g/mol. The summed E-state index contributed by atoms with van der Waals surface area (Å²) in [7, 11) is 0. The number of anilines is 1. The molecule has 0 aromatic carbocycles. The normalized spacial score (nSPS) is 19.3. The van der Waals surface area contributed by atoms with Crippen molar-refractivity contribution >= 4 is 17.6 Å². The number of aromatic amines is 1. The minimum atomic E-state index is -0.281. The molecule has 1 saturated heterocycles. The number of nitrogens with one attached hydrogen (secondary N) is 2. The molecule has 0 bridgehead atoms. The zero-order valence-corrected chi connectivity index (χ0v) is 11.6.